The van der Waals surface area contributed by atoms with Crippen molar-refractivity contribution >= 4 is 5.69 Å². The van der Waals surface area contributed by atoms with E-state index in [1.54, 1.807) is 7.11 Å². The SMILES string of the molecule is COCCCc1ccc2c(c1)NCCC2. The number of nitrogens with one attached hydrogen (secondary N) is 1. The molecule has 0 bridgehead atoms. The number of rotatable bonds is 4. The number of fused-ring (bicyclic) bond motifs is 1. The predicted molar refractivity (Wildman–Crippen MR) is 63.4 cm³/mol. The number of hydrogen-bond donors (Lipinski definition) is 1. The first-order valence-corrected chi connectivity index (χ1v) is 5.75. The van der Waals surface area contributed by atoms with Gasteiger partial charge in [-0.25, -0.2) is 0 Å². The van der Waals surface area contributed by atoms with Gasteiger partial charge < -0.3 is 10.1 Å². The molecule has 2 nitrogen and oxygen atoms in total. The van der Waals surface area contributed by atoms with Crippen LogP contribution in [0.4, 0.5) is 5.69 Å². The van der Waals surface area contributed by atoms with Gasteiger partial charge in [0.1, 0.15) is 0 Å². The zero-order valence-corrected chi connectivity index (χ0v) is 9.38. The van der Waals surface area contributed by atoms with Gasteiger partial charge in [-0.1, -0.05) is 12.1 Å². The average Bonchev–Trinajstić information content (AvgIpc) is 2.29. The summed E-state index contributed by atoms with van der Waals surface area (Å²) in [7, 11) is 1.76. The summed E-state index contributed by atoms with van der Waals surface area (Å²) in [5, 5.41) is 3.46. The van der Waals surface area contributed by atoms with Crippen molar-refractivity contribution < 1.29 is 4.74 Å². The summed E-state index contributed by atoms with van der Waals surface area (Å²) in [4.78, 5) is 0. The lowest BCUT2D eigenvalue weighted by Gasteiger charge is -2.18. The van der Waals surface area contributed by atoms with Gasteiger partial charge in [0.25, 0.3) is 0 Å². The van der Waals surface area contributed by atoms with Gasteiger partial charge in [0.15, 0.2) is 0 Å². The van der Waals surface area contributed by atoms with Crippen LogP contribution < -0.4 is 5.32 Å². The van der Waals surface area contributed by atoms with E-state index in [1.807, 2.05) is 0 Å². The lowest BCUT2D eigenvalue weighted by Crippen LogP contribution is -2.11. The molecule has 1 aromatic rings. The van der Waals surface area contributed by atoms with Crippen molar-refractivity contribution in [3.63, 3.8) is 0 Å². The lowest BCUT2D eigenvalue weighted by molar-refractivity contribution is 0.195. The summed E-state index contributed by atoms with van der Waals surface area (Å²) >= 11 is 0. The second-order valence-electron chi connectivity index (χ2n) is 4.12. The molecule has 1 aliphatic heterocycles. The third kappa shape index (κ3) is 2.72. The minimum atomic E-state index is 0.852. The van der Waals surface area contributed by atoms with Crippen LogP contribution in [0, 0.1) is 0 Å². The van der Waals surface area contributed by atoms with Crippen molar-refractivity contribution in [2.45, 2.75) is 25.7 Å². The van der Waals surface area contributed by atoms with Crippen molar-refractivity contribution in [2.24, 2.45) is 0 Å². The van der Waals surface area contributed by atoms with E-state index < -0.39 is 0 Å². The molecule has 0 amide bonds. The van der Waals surface area contributed by atoms with Crippen LogP contribution >= 0.6 is 0 Å². The molecule has 1 N–H and O–H groups in total. The van der Waals surface area contributed by atoms with Crippen LogP contribution in [0.5, 0.6) is 0 Å². The van der Waals surface area contributed by atoms with Gasteiger partial charge >= 0.3 is 0 Å². The van der Waals surface area contributed by atoms with Gasteiger partial charge in [-0.15, -0.1) is 0 Å². The van der Waals surface area contributed by atoms with Crippen LogP contribution in [0.3, 0.4) is 0 Å². The fraction of sp³-hybridized carbons (Fsp3) is 0.538. The Bertz CT molecular complexity index is 322. The molecule has 0 radical (unpaired) electrons. The Balaban J connectivity index is 2.00. The monoisotopic (exact) mass is 205 g/mol. The smallest absolute Gasteiger partial charge is 0.0465 e. The molecule has 2 rings (SSSR count). The van der Waals surface area contributed by atoms with Crippen molar-refractivity contribution in [1.29, 1.82) is 0 Å². The summed E-state index contributed by atoms with van der Waals surface area (Å²) in [5.74, 6) is 0. The third-order valence-electron chi connectivity index (χ3n) is 2.93. The van der Waals surface area contributed by atoms with E-state index in [4.69, 9.17) is 4.74 Å². The zero-order chi connectivity index (χ0) is 10.5. The highest BCUT2D eigenvalue weighted by atomic mass is 16.5. The second kappa shape index (κ2) is 5.17. The molecule has 1 heterocycles. The molecule has 2 heteroatoms. The molecule has 15 heavy (non-hydrogen) atoms. The Morgan fingerprint density at radius 1 is 1.40 bits per heavy atom. The topological polar surface area (TPSA) is 21.3 Å². The molecular weight excluding hydrogens is 186 g/mol. The summed E-state index contributed by atoms with van der Waals surface area (Å²) < 4.78 is 5.06. The normalized spacial score (nSPS) is 14.5. The van der Waals surface area contributed by atoms with Gasteiger partial charge in [-0.3, -0.25) is 0 Å². The van der Waals surface area contributed by atoms with Crippen molar-refractivity contribution in [3.8, 4) is 0 Å². The number of aryl methyl sites for hydroxylation is 2. The van der Waals surface area contributed by atoms with Crippen LogP contribution in [0.25, 0.3) is 0 Å². The fourth-order valence-electron chi connectivity index (χ4n) is 2.08. The van der Waals surface area contributed by atoms with Crippen LogP contribution in [0.15, 0.2) is 18.2 Å². The maximum Gasteiger partial charge on any atom is 0.0465 e. The summed E-state index contributed by atoms with van der Waals surface area (Å²) in [6.45, 7) is 1.97. The van der Waals surface area contributed by atoms with Gasteiger partial charge in [0, 0.05) is 25.9 Å². The molecule has 1 aliphatic rings. The van der Waals surface area contributed by atoms with E-state index in [2.05, 4.69) is 23.5 Å². The van der Waals surface area contributed by atoms with Crippen LogP contribution in [-0.2, 0) is 17.6 Å². The van der Waals surface area contributed by atoms with Crippen LogP contribution in [0.1, 0.15) is 24.0 Å². The number of methoxy groups -OCH3 is 1. The molecular formula is C13H19NO. The maximum absolute atomic E-state index is 5.06. The van der Waals surface area contributed by atoms with Crippen molar-refractivity contribution in [3.05, 3.63) is 29.3 Å². The number of hydrogen-bond acceptors (Lipinski definition) is 2. The molecule has 0 unspecified atom stereocenters. The minimum Gasteiger partial charge on any atom is -0.385 e. The predicted octanol–water partition coefficient (Wildman–Crippen LogP) is 2.62. The Morgan fingerprint density at radius 2 is 2.33 bits per heavy atom. The third-order valence-corrected chi connectivity index (χ3v) is 2.93. The summed E-state index contributed by atoms with van der Waals surface area (Å²) in [6, 6.07) is 6.81. The van der Waals surface area contributed by atoms with E-state index >= 15 is 0 Å². The molecule has 0 atom stereocenters. The molecule has 82 valence electrons. The van der Waals surface area contributed by atoms with Gasteiger partial charge in [-0.05, 0) is 42.9 Å². The van der Waals surface area contributed by atoms with E-state index in [0.717, 1.165) is 26.0 Å². The molecule has 0 saturated heterocycles. The van der Waals surface area contributed by atoms with Crippen molar-refractivity contribution in [2.75, 3.05) is 25.6 Å². The second-order valence-corrected chi connectivity index (χ2v) is 4.12. The highest BCUT2D eigenvalue weighted by Crippen LogP contribution is 2.23. The van der Waals surface area contributed by atoms with Gasteiger partial charge in [0.2, 0.25) is 0 Å². The van der Waals surface area contributed by atoms with Crippen LogP contribution in [-0.4, -0.2) is 20.3 Å². The summed E-state index contributed by atoms with van der Waals surface area (Å²) in [6.07, 6.45) is 4.70. The highest BCUT2D eigenvalue weighted by molar-refractivity contribution is 5.54. The first kappa shape index (κ1) is 10.5. The first-order chi connectivity index (χ1) is 7.40. The Morgan fingerprint density at radius 3 is 3.20 bits per heavy atom. The zero-order valence-electron chi connectivity index (χ0n) is 9.38. The number of benzene rings is 1. The quantitative estimate of drug-likeness (QED) is 0.763. The largest absolute Gasteiger partial charge is 0.385 e. The molecule has 1 aromatic carbocycles. The van der Waals surface area contributed by atoms with Gasteiger partial charge in [0.05, 0.1) is 0 Å². The van der Waals surface area contributed by atoms with Gasteiger partial charge in [-0.2, -0.15) is 0 Å². The van der Waals surface area contributed by atoms with E-state index in [-0.39, 0.29) is 0 Å². The molecule has 0 aliphatic carbocycles. The number of ether oxygens (including phenoxy) is 1. The molecule has 0 saturated carbocycles. The Kier molecular flexibility index (Phi) is 3.62. The minimum absolute atomic E-state index is 0.852. The number of anilines is 1. The molecule has 0 spiro atoms. The van der Waals surface area contributed by atoms with Crippen molar-refractivity contribution in [1.82, 2.24) is 0 Å². The van der Waals surface area contributed by atoms with E-state index in [9.17, 15) is 0 Å². The molecule has 0 fully saturated rings. The summed E-state index contributed by atoms with van der Waals surface area (Å²) in [5.41, 5.74) is 4.23. The Labute approximate surface area is 91.6 Å². The average molecular weight is 205 g/mol. The standard InChI is InChI=1S/C13H19NO/c1-15-9-3-4-11-6-7-12-5-2-8-14-13(12)10-11/h6-7,10,14H,2-5,8-9H2,1H3. The maximum atomic E-state index is 5.06. The van der Waals surface area contributed by atoms with E-state index in [0.29, 0.717) is 0 Å². The van der Waals surface area contributed by atoms with Crippen LogP contribution in [0.2, 0.25) is 0 Å². The fourth-order valence-corrected chi connectivity index (χ4v) is 2.08. The molecule has 0 aromatic heterocycles. The first-order valence-electron chi connectivity index (χ1n) is 5.75. The lowest BCUT2D eigenvalue weighted by atomic mass is 9.99. The Hall–Kier alpha value is -1.02. The van der Waals surface area contributed by atoms with E-state index in [1.165, 1.54) is 29.7 Å². The highest BCUT2D eigenvalue weighted by Gasteiger charge is 2.08.